The van der Waals surface area contributed by atoms with Gasteiger partial charge in [-0.2, -0.15) is 0 Å². The number of fused-ring (bicyclic) bond motifs is 1. The van der Waals surface area contributed by atoms with E-state index >= 15 is 0 Å². The first-order chi connectivity index (χ1) is 11.8. The number of hydrogen-bond donors (Lipinski definition) is 0. The van der Waals surface area contributed by atoms with E-state index in [9.17, 15) is 17.6 Å². The van der Waals surface area contributed by atoms with Gasteiger partial charge < -0.3 is 4.90 Å². The highest BCUT2D eigenvalue weighted by Crippen LogP contribution is 2.44. The summed E-state index contributed by atoms with van der Waals surface area (Å²) in [6.07, 6.45) is -1.41. The summed E-state index contributed by atoms with van der Waals surface area (Å²) in [4.78, 5) is 1.16. The van der Waals surface area contributed by atoms with Crippen LogP contribution < -0.4 is 4.90 Å². The van der Waals surface area contributed by atoms with Crippen molar-refractivity contribution in [3.8, 4) is 0 Å². The molecule has 0 radical (unpaired) electrons. The number of nitrogens with zero attached hydrogens (tertiary/aromatic N) is 1. The normalized spacial score (nSPS) is 18.2. The molecule has 132 valence electrons. The van der Waals surface area contributed by atoms with E-state index in [4.69, 9.17) is 11.6 Å². The van der Waals surface area contributed by atoms with Crippen LogP contribution in [0.5, 0.6) is 0 Å². The molecule has 7 heteroatoms. The van der Waals surface area contributed by atoms with Crippen molar-refractivity contribution in [2.45, 2.75) is 25.4 Å². The lowest BCUT2D eigenvalue weighted by molar-refractivity contribution is 0.107. The SMILES string of the molecule is C[C@H]1C(Cl)=Cc2cc(Br)cc(F)c2N1C(c1ccccc1F)C(F)F. The minimum Gasteiger partial charge on any atom is -0.348 e. The Morgan fingerprint density at radius 3 is 2.44 bits per heavy atom. The van der Waals surface area contributed by atoms with Crippen LogP contribution in [0, 0.1) is 11.6 Å². The molecule has 0 saturated heterocycles. The van der Waals surface area contributed by atoms with Gasteiger partial charge >= 0.3 is 0 Å². The number of halogens is 6. The van der Waals surface area contributed by atoms with Gasteiger partial charge in [-0.3, -0.25) is 0 Å². The molecule has 3 rings (SSSR count). The lowest BCUT2D eigenvalue weighted by Crippen LogP contribution is -2.43. The van der Waals surface area contributed by atoms with Crippen LogP contribution in [0.4, 0.5) is 23.2 Å². The Morgan fingerprint density at radius 2 is 1.80 bits per heavy atom. The average molecular weight is 435 g/mol. The predicted molar refractivity (Wildman–Crippen MR) is 95.0 cm³/mol. The van der Waals surface area contributed by atoms with Crippen molar-refractivity contribution >= 4 is 39.3 Å². The molecule has 0 fully saturated rings. The van der Waals surface area contributed by atoms with Gasteiger partial charge in [0.05, 0.1) is 11.7 Å². The van der Waals surface area contributed by atoms with E-state index in [-0.39, 0.29) is 16.3 Å². The smallest absolute Gasteiger partial charge is 0.262 e. The molecular formula is C18H13BrClF4N. The summed E-state index contributed by atoms with van der Waals surface area (Å²) in [5, 5.41) is 0.270. The van der Waals surface area contributed by atoms with Crippen molar-refractivity contribution in [2.24, 2.45) is 0 Å². The van der Waals surface area contributed by atoms with Crippen LogP contribution in [0.25, 0.3) is 6.08 Å². The first-order valence-corrected chi connectivity index (χ1v) is 8.65. The van der Waals surface area contributed by atoms with E-state index in [1.807, 2.05) is 0 Å². The van der Waals surface area contributed by atoms with Crippen molar-refractivity contribution < 1.29 is 17.6 Å². The fourth-order valence-electron chi connectivity index (χ4n) is 3.07. The standard InChI is InChI=1S/C18H13BrClF4N/c1-9-13(20)7-10-6-11(19)8-15(22)16(10)25(9)17(18(23)24)12-4-2-3-5-14(12)21/h2-9,17-18H,1H3/t9-,17?/m0/s1. The molecule has 0 N–H and O–H groups in total. The second-order valence-electron chi connectivity index (χ2n) is 5.74. The van der Waals surface area contributed by atoms with Crippen LogP contribution in [0.15, 0.2) is 45.9 Å². The highest BCUT2D eigenvalue weighted by Gasteiger charge is 2.39. The number of anilines is 1. The minimum absolute atomic E-state index is 0.0198. The maximum atomic E-state index is 14.6. The molecule has 0 bridgehead atoms. The summed E-state index contributed by atoms with van der Waals surface area (Å²) in [7, 11) is 0. The van der Waals surface area contributed by atoms with Gasteiger partial charge in [0.15, 0.2) is 0 Å². The molecule has 2 aromatic rings. The first-order valence-electron chi connectivity index (χ1n) is 7.48. The third-order valence-electron chi connectivity index (χ3n) is 4.19. The monoisotopic (exact) mass is 433 g/mol. The first kappa shape index (κ1) is 18.3. The number of alkyl halides is 2. The summed E-state index contributed by atoms with van der Waals surface area (Å²) in [5.74, 6) is -1.46. The number of benzene rings is 2. The highest BCUT2D eigenvalue weighted by molar-refractivity contribution is 9.10. The molecule has 0 amide bonds. The molecule has 1 nitrogen and oxygen atoms in total. The molecule has 0 saturated carbocycles. The van der Waals surface area contributed by atoms with Crippen molar-refractivity contribution in [2.75, 3.05) is 4.90 Å². The second kappa shape index (κ2) is 7.00. The van der Waals surface area contributed by atoms with Crippen LogP contribution in [0.2, 0.25) is 0 Å². The Labute approximate surface area is 156 Å². The van der Waals surface area contributed by atoms with Gasteiger partial charge in [0.25, 0.3) is 6.43 Å². The number of hydrogen-bond acceptors (Lipinski definition) is 1. The summed E-state index contributed by atoms with van der Waals surface area (Å²) >= 11 is 9.39. The molecule has 1 aliphatic heterocycles. The molecule has 0 aromatic heterocycles. The Bertz CT molecular complexity index is 840. The Morgan fingerprint density at radius 1 is 1.12 bits per heavy atom. The second-order valence-corrected chi connectivity index (χ2v) is 7.09. The Kier molecular flexibility index (Phi) is 5.11. The molecule has 2 aromatic carbocycles. The Hall–Kier alpha value is -1.53. The zero-order valence-electron chi connectivity index (χ0n) is 13.0. The van der Waals surface area contributed by atoms with Gasteiger partial charge in [0.1, 0.15) is 17.7 Å². The van der Waals surface area contributed by atoms with Crippen molar-refractivity contribution in [1.29, 1.82) is 0 Å². The van der Waals surface area contributed by atoms with Crippen LogP contribution in [-0.2, 0) is 0 Å². The molecule has 0 spiro atoms. The van der Waals surface area contributed by atoms with Gasteiger partial charge in [-0.15, -0.1) is 0 Å². The maximum Gasteiger partial charge on any atom is 0.262 e. The quantitative estimate of drug-likeness (QED) is 0.497. The van der Waals surface area contributed by atoms with Crippen LogP contribution in [0.1, 0.15) is 24.1 Å². The van der Waals surface area contributed by atoms with E-state index in [0.29, 0.717) is 10.0 Å². The molecule has 1 aliphatic rings. The summed E-state index contributed by atoms with van der Waals surface area (Å²) < 4.78 is 57.2. The lowest BCUT2D eigenvalue weighted by Gasteiger charge is -2.41. The van der Waals surface area contributed by atoms with Gasteiger partial charge in [-0.25, -0.2) is 17.6 Å². The summed E-state index contributed by atoms with van der Waals surface area (Å²) in [6.45, 7) is 1.58. The van der Waals surface area contributed by atoms with Crippen molar-refractivity contribution in [3.05, 3.63) is 68.7 Å². The highest BCUT2D eigenvalue weighted by atomic mass is 79.9. The summed E-state index contributed by atoms with van der Waals surface area (Å²) in [5.41, 5.74) is 0.134. The third kappa shape index (κ3) is 3.29. The van der Waals surface area contributed by atoms with E-state index in [1.165, 1.54) is 30.3 Å². The van der Waals surface area contributed by atoms with Gasteiger partial charge in [-0.05, 0) is 31.2 Å². The number of rotatable bonds is 3. The van der Waals surface area contributed by atoms with Crippen LogP contribution >= 0.6 is 27.5 Å². The summed E-state index contributed by atoms with van der Waals surface area (Å²) in [6, 6.07) is 5.64. The van der Waals surface area contributed by atoms with E-state index in [2.05, 4.69) is 15.9 Å². The molecule has 1 heterocycles. The maximum absolute atomic E-state index is 14.6. The zero-order chi connectivity index (χ0) is 18.3. The lowest BCUT2D eigenvalue weighted by atomic mass is 9.96. The molecular weight excluding hydrogens is 422 g/mol. The molecule has 2 atom stereocenters. The van der Waals surface area contributed by atoms with Crippen LogP contribution in [-0.4, -0.2) is 12.5 Å². The molecule has 1 unspecified atom stereocenters. The van der Waals surface area contributed by atoms with Crippen molar-refractivity contribution in [3.63, 3.8) is 0 Å². The fourth-order valence-corrected chi connectivity index (χ4v) is 3.74. The topological polar surface area (TPSA) is 3.24 Å². The van der Waals surface area contributed by atoms with E-state index in [0.717, 1.165) is 11.0 Å². The average Bonchev–Trinajstić information content (AvgIpc) is 2.52. The largest absolute Gasteiger partial charge is 0.348 e. The van der Waals surface area contributed by atoms with Crippen LogP contribution in [0.3, 0.4) is 0 Å². The van der Waals surface area contributed by atoms with E-state index in [1.54, 1.807) is 13.0 Å². The minimum atomic E-state index is -2.95. The molecule has 25 heavy (non-hydrogen) atoms. The van der Waals surface area contributed by atoms with Gasteiger partial charge in [0, 0.05) is 20.6 Å². The predicted octanol–water partition coefficient (Wildman–Crippen LogP) is 6.52. The van der Waals surface area contributed by atoms with Gasteiger partial charge in [-0.1, -0.05) is 45.7 Å². The molecule has 0 aliphatic carbocycles. The Balaban J connectivity index is 2.24. The van der Waals surface area contributed by atoms with Gasteiger partial charge in [0.2, 0.25) is 0 Å². The zero-order valence-corrected chi connectivity index (χ0v) is 15.3. The fraction of sp³-hybridized carbons (Fsp3) is 0.222. The van der Waals surface area contributed by atoms with Crippen molar-refractivity contribution in [1.82, 2.24) is 0 Å². The third-order valence-corrected chi connectivity index (χ3v) is 5.07. The van der Waals surface area contributed by atoms with E-state index < -0.39 is 30.1 Å².